The fourth-order valence-corrected chi connectivity index (χ4v) is 12.7. The predicted molar refractivity (Wildman–Crippen MR) is 227 cm³/mol. The van der Waals surface area contributed by atoms with Crippen molar-refractivity contribution in [2.24, 2.45) is 23.7 Å². The summed E-state index contributed by atoms with van der Waals surface area (Å²) >= 11 is 0. The minimum Gasteiger partial charge on any atom is -0.310 e. The minimum absolute atomic E-state index is 0.124. The first-order chi connectivity index (χ1) is 26.5. The van der Waals surface area contributed by atoms with Crippen molar-refractivity contribution in [3.05, 3.63) is 150 Å². The monoisotopic (exact) mass is 703 g/mol. The molecule has 6 aliphatic carbocycles. The molecule has 0 atom stereocenters. The average Bonchev–Trinajstić information content (AvgIpc) is 3.44. The molecule has 4 bridgehead atoms. The lowest BCUT2D eigenvalue weighted by Crippen LogP contribution is -2.43. The number of hydrogen-bond donors (Lipinski definition) is 0. The summed E-state index contributed by atoms with van der Waals surface area (Å²) in [6.45, 7) is 4.86. The van der Waals surface area contributed by atoms with E-state index in [2.05, 4.69) is 146 Å². The van der Waals surface area contributed by atoms with Crippen LogP contribution in [0.3, 0.4) is 0 Å². The Bertz CT molecular complexity index is 2320. The van der Waals surface area contributed by atoms with E-state index in [1.807, 2.05) is 0 Å². The van der Waals surface area contributed by atoms with Gasteiger partial charge in [0.25, 0.3) is 0 Å². The first-order valence-electron chi connectivity index (χ1n) is 21.3. The second-order valence-corrected chi connectivity index (χ2v) is 18.4. The summed E-state index contributed by atoms with van der Waals surface area (Å²) in [4.78, 5) is 2.54. The van der Waals surface area contributed by atoms with Gasteiger partial charge in [-0.2, -0.15) is 0 Å². The van der Waals surface area contributed by atoms with Crippen molar-refractivity contribution < 1.29 is 0 Å². The van der Waals surface area contributed by atoms with E-state index in [1.165, 1.54) is 131 Å². The van der Waals surface area contributed by atoms with Crippen LogP contribution in [-0.2, 0) is 5.41 Å². The summed E-state index contributed by atoms with van der Waals surface area (Å²) in [6, 6.07) is 49.5. The Hall–Kier alpha value is -4.62. The molecule has 0 unspecified atom stereocenters. The van der Waals surface area contributed by atoms with E-state index in [4.69, 9.17) is 0 Å². The Morgan fingerprint density at radius 1 is 0.500 bits per heavy atom. The Morgan fingerprint density at radius 3 is 1.83 bits per heavy atom. The maximum absolute atomic E-state index is 2.54. The number of benzene rings is 6. The normalized spacial score (nSPS) is 25.1. The second-order valence-electron chi connectivity index (χ2n) is 18.4. The van der Waals surface area contributed by atoms with E-state index in [1.54, 1.807) is 5.56 Å². The highest BCUT2D eigenvalue weighted by molar-refractivity contribution is 6.03. The first-order valence-corrected chi connectivity index (χ1v) is 21.3. The van der Waals surface area contributed by atoms with Gasteiger partial charge >= 0.3 is 0 Å². The van der Waals surface area contributed by atoms with Crippen LogP contribution in [0.15, 0.2) is 127 Å². The van der Waals surface area contributed by atoms with Gasteiger partial charge in [-0.25, -0.2) is 0 Å². The minimum atomic E-state index is -0.124. The Morgan fingerprint density at radius 2 is 1.11 bits per heavy atom. The van der Waals surface area contributed by atoms with Crippen LogP contribution in [0.1, 0.15) is 112 Å². The third kappa shape index (κ3) is 5.25. The Balaban J connectivity index is 1.01. The van der Waals surface area contributed by atoms with Gasteiger partial charge in [-0.1, -0.05) is 124 Å². The summed E-state index contributed by atoms with van der Waals surface area (Å²) in [5.41, 5.74) is 15.0. The maximum Gasteiger partial charge on any atom is 0.0465 e. The Kier molecular flexibility index (Phi) is 7.73. The van der Waals surface area contributed by atoms with Crippen LogP contribution in [0.2, 0.25) is 0 Å². The van der Waals surface area contributed by atoms with Crippen molar-refractivity contribution in [1.82, 2.24) is 0 Å². The first kappa shape index (κ1) is 32.8. The maximum atomic E-state index is 2.54. The molecular formula is C53H53N. The van der Waals surface area contributed by atoms with E-state index in [9.17, 15) is 0 Å². The molecule has 0 aliphatic heterocycles. The molecule has 6 aliphatic rings. The molecule has 0 radical (unpaired) electrons. The molecule has 5 saturated carbocycles. The lowest BCUT2D eigenvalue weighted by molar-refractivity contribution is -0.00277. The summed E-state index contributed by atoms with van der Waals surface area (Å²) in [5, 5.41) is 2.61. The van der Waals surface area contributed by atoms with Gasteiger partial charge in [-0.15, -0.1) is 0 Å². The zero-order valence-corrected chi connectivity index (χ0v) is 32.1. The molecule has 0 amide bonds. The van der Waals surface area contributed by atoms with Gasteiger partial charge in [0, 0.05) is 22.5 Å². The van der Waals surface area contributed by atoms with Crippen LogP contribution in [0, 0.1) is 23.7 Å². The van der Waals surface area contributed by atoms with Gasteiger partial charge in [0.15, 0.2) is 0 Å². The molecule has 1 nitrogen and oxygen atoms in total. The molecule has 0 aromatic heterocycles. The molecule has 6 aromatic rings. The third-order valence-corrected chi connectivity index (χ3v) is 15.0. The molecule has 270 valence electrons. The summed E-state index contributed by atoms with van der Waals surface area (Å²) < 4.78 is 0. The van der Waals surface area contributed by atoms with Gasteiger partial charge in [0.1, 0.15) is 0 Å². The molecule has 0 heterocycles. The lowest BCUT2D eigenvalue weighted by atomic mass is 9.51. The van der Waals surface area contributed by atoms with E-state index in [0.717, 1.165) is 29.6 Å². The van der Waals surface area contributed by atoms with E-state index < -0.39 is 0 Å². The molecule has 0 N–H and O–H groups in total. The molecular weight excluding hydrogens is 651 g/mol. The molecule has 12 rings (SSSR count). The molecule has 0 saturated heterocycles. The van der Waals surface area contributed by atoms with E-state index in [0.29, 0.717) is 5.92 Å². The van der Waals surface area contributed by atoms with Crippen molar-refractivity contribution in [3.8, 4) is 22.3 Å². The van der Waals surface area contributed by atoms with Crippen LogP contribution in [0.5, 0.6) is 0 Å². The van der Waals surface area contributed by atoms with Crippen molar-refractivity contribution in [2.45, 2.75) is 95.3 Å². The van der Waals surface area contributed by atoms with Gasteiger partial charge in [0.2, 0.25) is 0 Å². The fraction of sp³-hybridized carbons (Fsp3) is 0.358. The quantitative estimate of drug-likeness (QED) is 0.167. The SMILES string of the molecule is CC1(C)c2cc(N(c3ccc(C4CCCCC4)cc3)c3ccc(C4C5CC6CC(C5)CC4C6)cc3)ccc2-c2c(-c3cccc4ccccc34)cccc21. The van der Waals surface area contributed by atoms with Gasteiger partial charge < -0.3 is 4.90 Å². The van der Waals surface area contributed by atoms with Crippen LogP contribution >= 0.6 is 0 Å². The zero-order valence-electron chi connectivity index (χ0n) is 32.1. The van der Waals surface area contributed by atoms with Gasteiger partial charge in [-0.3, -0.25) is 0 Å². The number of nitrogens with zero attached hydrogens (tertiary/aromatic N) is 1. The molecule has 54 heavy (non-hydrogen) atoms. The fourth-order valence-electron chi connectivity index (χ4n) is 12.7. The predicted octanol–water partition coefficient (Wildman–Crippen LogP) is 14.9. The highest BCUT2D eigenvalue weighted by atomic mass is 15.1. The van der Waals surface area contributed by atoms with Gasteiger partial charge in [-0.05, 0) is 172 Å². The highest BCUT2D eigenvalue weighted by Gasteiger charge is 2.48. The molecule has 5 fully saturated rings. The lowest BCUT2D eigenvalue weighted by Gasteiger charge is -2.54. The molecule has 1 heteroatoms. The van der Waals surface area contributed by atoms with E-state index >= 15 is 0 Å². The number of fused-ring (bicyclic) bond motifs is 4. The smallest absolute Gasteiger partial charge is 0.0465 e. The summed E-state index contributed by atoms with van der Waals surface area (Å²) in [6.07, 6.45) is 14.2. The van der Waals surface area contributed by atoms with Crippen LogP contribution in [0.4, 0.5) is 17.1 Å². The van der Waals surface area contributed by atoms with Crippen LogP contribution in [-0.4, -0.2) is 0 Å². The third-order valence-electron chi connectivity index (χ3n) is 15.0. The Labute approximate surface area is 322 Å². The van der Waals surface area contributed by atoms with E-state index in [-0.39, 0.29) is 5.41 Å². The van der Waals surface area contributed by atoms with Crippen molar-refractivity contribution in [3.63, 3.8) is 0 Å². The largest absolute Gasteiger partial charge is 0.310 e. The molecule has 0 spiro atoms. The summed E-state index contributed by atoms with van der Waals surface area (Å²) in [7, 11) is 0. The number of rotatable bonds is 6. The van der Waals surface area contributed by atoms with Crippen molar-refractivity contribution in [2.75, 3.05) is 4.90 Å². The van der Waals surface area contributed by atoms with Crippen LogP contribution < -0.4 is 4.90 Å². The number of anilines is 3. The van der Waals surface area contributed by atoms with Crippen molar-refractivity contribution in [1.29, 1.82) is 0 Å². The van der Waals surface area contributed by atoms with Crippen molar-refractivity contribution >= 4 is 27.8 Å². The summed E-state index contributed by atoms with van der Waals surface area (Å²) in [5.74, 6) is 5.27. The second kappa shape index (κ2) is 12.7. The topological polar surface area (TPSA) is 3.24 Å². The van der Waals surface area contributed by atoms with Gasteiger partial charge in [0.05, 0.1) is 0 Å². The molecule has 6 aromatic carbocycles. The zero-order chi connectivity index (χ0) is 36.0. The standard InChI is InChI=1S/C53H53N/c1-53(2)49-17-9-16-47(46-15-8-13-38-12-6-7-14-45(38)46)52(49)48-27-26-44(33-50(48)53)54(42-22-18-37(19-23-42)36-10-4-3-5-11-36)43-24-20-39(21-25-43)51-40-29-34-28-35(31-40)32-41(51)30-34/h6-9,12-27,33-36,40-41,51H,3-5,10-11,28-32H2,1-2H3. The van der Waals surface area contributed by atoms with Crippen LogP contribution in [0.25, 0.3) is 33.0 Å². The average molecular weight is 704 g/mol. The number of hydrogen-bond acceptors (Lipinski definition) is 1. The highest BCUT2D eigenvalue weighted by Crippen LogP contribution is 2.60.